The van der Waals surface area contributed by atoms with E-state index in [0.717, 1.165) is 35.4 Å². The maximum absolute atomic E-state index is 11.8. The molecule has 0 atom stereocenters. The second kappa shape index (κ2) is 6.20. The zero-order valence-corrected chi connectivity index (χ0v) is 11.9. The molecular formula is C13H17BrN2O2. The Bertz CT molecular complexity index is 433. The Morgan fingerprint density at radius 2 is 2.33 bits per heavy atom. The van der Waals surface area contributed by atoms with Gasteiger partial charge in [-0.3, -0.25) is 4.79 Å². The Hall–Kier alpha value is -1.07. The number of hydrogen-bond donors (Lipinski definition) is 2. The number of amides is 1. The molecule has 1 aliphatic heterocycles. The molecule has 1 heterocycles. The van der Waals surface area contributed by atoms with Crippen molar-refractivity contribution in [3.8, 4) is 5.75 Å². The fourth-order valence-electron chi connectivity index (χ4n) is 1.87. The van der Waals surface area contributed by atoms with E-state index in [4.69, 9.17) is 4.74 Å². The van der Waals surface area contributed by atoms with Crippen molar-refractivity contribution < 1.29 is 9.53 Å². The molecule has 1 aromatic rings. The van der Waals surface area contributed by atoms with Gasteiger partial charge < -0.3 is 15.4 Å². The topological polar surface area (TPSA) is 50.4 Å². The number of carbonyl (C=O) groups is 1. The van der Waals surface area contributed by atoms with Crippen molar-refractivity contribution in [2.75, 3.05) is 26.7 Å². The van der Waals surface area contributed by atoms with Crippen molar-refractivity contribution in [2.24, 2.45) is 5.92 Å². The summed E-state index contributed by atoms with van der Waals surface area (Å²) in [7, 11) is 1.62. The number of rotatable bonds is 5. The van der Waals surface area contributed by atoms with Crippen LogP contribution in [0.1, 0.15) is 5.56 Å². The van der Waals surface area contributed by atoms with Crippen LogP contribution in [0.3, 0.4) is 0 Å². The molecule has 0 aromatic heterocycles. The average Bonchev–Trinajstić information content (AvgIpc) is 2.27. The van der Waals surface area contributed by atoms with Gasteiger partial charge in [0, 0.05) is 35.6 Å². The van der Waals surface area contributed by atoms with Crippen molar-refractivity contribution in [1.82, 2.24) is 10.6 Å². The lowest BCUT2D eigenvalue weighted by atomic mass is 10.0. The quantitative estimate of drug-likeness (QED) is 0.862. The summed E-state index contributed by atoms with van der Waals surface area (Å²) in [4.78, 5) is 11.8. The van der Waals surface area contributed by atoms with Crippen molar-refractivity contribution in [2.45, 2.75) is 6.42 Å². The minimum Gasteiger partial charge on any atom is -0.496 e. The molecule has 0 radical (unpaired) electrons. The predicted molar refractivity (Wildman–Crippen MR) is 73.8 cm³/mol. The molecule has 0 bridgehead atoms. The van der Waals surface area contributed by atoms with Crippen molar-refractivity contribution in [1.29, 1.82) is 0 Å². The molecular weight excluding hydrogens is 296 g/mol. The molecule has 2 N–H and O–H groups in total. The summed E-state index contributed by atoms with van der Waals surface area (Å²) in [6, 6.07) is 5.69. The van der Waals surface area contributed by atoms with Crippen LogP contribution in [0.25, 0.3) is 0 Å². The maximum atomic E-state index is 11.8. The van der Waals surface area contributed by atoms with Crippen molar-refractivity contribution in [3.05, 3.63) is 28.2 Å². The van der Waals surface area contributed by atoms with Crippen LogP contribution in [0, 0.1) is 5.92 Å². The highest BCUT2D eigenvalue weighted by Gasteiger charge is 2.17. The number of carbonyl (C=O) groups excluding carboxylic acids is 1. The molecule has 1 saturated heterocycles. The Morgan fingerprint density at radius 1 is 1.56 bits per heavy atom. The van der Waals surface area contributed by atoms with Crippen LogP contribution in [0.15, 0.2) is 22.7 Å². The van der Waals surface area contributed by atoms with Gasteiger partial charge in [-0.15, -0.1) is 0 Å². The first-order chi connectivity index (χ1) is 8.69. The van der Waals surface area contributed by atoms with E-state index in [-0.39, 0.29) is 5.91 Å². The molecule has 1 aliphatic rings. The Labute approximate surface area is 115 Å². The third kappa shape index (κ3) is 3.46. The molecule has 2 rings (SSSR count). The second-order valence-electron chi connectivity index (χ2n) is 4.46. The van der Waals surface area contributed by atoms with Crippen LogP contribution < -0.4 is 15.4 Å². The minimum absolute atomic E-state index is 0.0401. The lowest BCUT2D eigenvalue weighted by Crippen LogP contribution is -2.48. The summed E-state index contributed by atoms with van der Waals surface area (Å²) >= 11 is 3.40. The highest BCUT2D eigenvalue weighted by atomic mass is 79.9. The van der Waals surface area contributed by atoms with E-state index in [1.807, 2.05) is 18.2 Å². The number of hydrogen-bond acceptors (Lipinski definition) is 3. The summed E-state index contributed by atoms with van der Waals surface area (Å²) < 4.78 is 6.20. The number of ether oxygens (including phenoxy) is 1. The van der Waals surface area contributed by atoms with E-state index in [2.05, 4.69) is 26.6 Å². The molecule has 1 fully saturated rings. The zero-order chi connectivity index (χ0) is 13.0. The summed E-state index contributed by atoms with van der Waals surface area (Å²) in [6.07, 6.45) is 0.350. The Kier molecular flexibility index (Phi) is 4.60. The summed E-state index contributed by atoms with van der Waals surface area (Å²) in [5, 5.41) is 6.14. The van der Waals surface area contributed by atoms with Crippen LogP contribution in [0.5, 0.6) is 5.75 Å². The van der Waals surface area contributed by atoms with Crippen molar-refractivity contribution in [3.63, 3.8) is 0 Å². The van der Waals surface area contributed by atoms with E-state index in [1.165, 1.54) is 0 Å². The molecule has 4 nitrogen and oxygen atoms in total. The standard InChI is InChI=1S/C13H17BrN2O2/c1-18-12-3-2-11(14)4-10(12)5-13(17)16-8-9-6-15-7-9/h2-4,9,15H,5-8H2,1H3,(H,16,17). The zero-order valence-electron chi connectivity index (χ0n) is 10.3. The highest BCUT2D eigenvalue weighted by molar-refractivity contribution is 9.10. The van der Waals surface area contributed by atoms with Crippen LogP contribution in [-0.2, 0) is 11.2 Å². The van der Waals surface area contributed by atoms with Gasteiger partial charge in [-0.25, -0.2) is 0 Å². The molecule has 1 amide bonds. The van der Waals surface area contributed by atoms with Gasteiger partial charge in [0.2, 0.25) is 5.91 Å². The summed E-state index contributed by atoms with van der Waals surface area (Å²) in [6.45, 7) is 2.75. The monoisotopic (exact) mass is 312 g/mol. The lowest BCUT2D eigenvalue weighted by Gasteiger charge is -2.27. The number of halogens is 1. The van der Waals surface area contributed by atoms with Crippen LogP contribution >= 0.6 is 15.9 Å². The lowest BCUT2D eigenvalue weighted by molar-refractivity contribution is -0.120. The molecule has 98 valence electrons. The maximum Gasteiger partial charge on any atom is 0.224 e. The number of benzene rings is 1. The van der Waals surface area contributed by atoms with Gasteiger partial charge in [-0.1, -0.05) is 15.9 Å². The smallest absolute Gasteiger partial charge is 0.224 e. The van der Waals surface area contributed by atoms with Gasteiger partial charge >= 0.3 is 0 Å². The van der Waals surface area contributed by atoms with E-state index < -0.39 is 0 Å². The van der Waals surface area contributed by atoms with Gasteiger partial charge in [0.05, 0.1) is 13.5 Å². The Morgan fingerprint density at radius 3 is 2.94 bits per heavy atom. The molecule has 18 heavy (non-hydrogen) atoms. The number of methoxy groups -OCH3 is 1. The van der Waals surface area contributed by atoms with Crippen LogP contribution in [-0.4, -0.2) is 32.7 Å². The highest BCUT2D eigenvalue weighted by Crippen LogP contribution is 2.23. The third-order valence-corrected chi connectivity index (χ3v) is 3.54. The number of nitrogens with one attached hydrogen (secondary N) is 2. The summed E-state index contributed by atoms with van der Waals surface area (Å²) in [5.41, 5.74) is 0.899. The molecule has 0 saturated carbocycles. The van der Waals surface area contributed by atoms with E-state index in [0.29, 0.717) is 12.3 Å². The molecule has 0 aliphatic carbocycles. The van der Waals surface area contributed by atoms with Crippen LogP contribution in [0.4, 0.5) is 0 Å². The molecule has 5 heteroatoms. The van der Waals surface area contributed by atoms with Gasteiger partial charge in [0.1, 0.15) is 5.75 Å². The third-order valence-electron chi connectivity index (χ3n) is 3.05. The van der Waals surface area contributed by atoms with Crippen LogP contribution in [0.2, 0.25) is 0 Å². The first-order valence-corrected chi connectivity index (χ1v) is 6.78. The Balaban J connectivity index is 1.90. The molecule has 1 aromatic carbocycles. The van der Waals surface area contributed by atoms with Gasteiger partial charge in [0.15, 0.2) is 0 Å². The normalized spacial score (nSPS) is 15.0. The second-order valence-corrected chi connectivity index (χ2v) is 5.38. The first kappa shape index (κ1) is 13.4. The molecule has 0 spiro atoms. The molecule has 0 unspecified atom stereocenters. The minimum atomic E-state index is 0.0401. The fourth-order valence-corrected chi connectivity index (χ4v) is 2.28. The first-order valence-electron chi connectivity index (χ1n) is 5.99. The van der Waals surface area contributed by atoms with E-state index >= 15 is 0 Å². The van der Waals surface area contributed by atoms with Crippen molar-refractivity contribution >= 4 is 21.8 Å². The largest absolute Gasteiger partial charge is 0.496 e. The summed E-state index contributed by atoms with van der Waals surface area (Å²) in [5.74, 6) is 1.37. The average molecular weight is 313 g/mol. The van der Waals surface area contributed by atoms with Gasteiger partial charge in [-0.05, 0) is 18.2 Å². The van der Waals surface area contributed by atoms with E-state index in [9.17, 15) is 4.79 Å². The fraction of sp³-hybridized carbons (Fsp3) is 0.462. The predicted octanol–water partition coefficient (Wildman–Crippen LogP) is 1.34. The van der Waals surface area contributed by atoms with E-state index in [1.54, 1.807) is 7.11 Å². The van der Waals surface area contributed by atoms with Gasteiger partial charge in [-0.2, -0.15) is 0 Å². The SMILES string of the molecule is COc1ccc(Br)cc1CC(=O)NCC1CNC1. The van der Waals surface area contributed by atoms with Gasteiger partial charge in [0.25, 0.3) is 0 Å².